The maximum absolute atomic E-state index is 12.9. The molecule has 2 aromatic rings. The first-order chi connectivity index (χ1) is 17.3. The third-order valence-corrected chi connectivity index (χ3v) is 5.89. The second-order valence-electron chi connectivity index (χ2n) is 9.90. The number of carbonyl (C=O) groups is 1. The molecule has 0 aliphatic carbocycles. The van der Waals surface area contributed by atoms with Gasteiger partial charge in [0.15, 0.2) is 0 Å². The van der Waals surface area contributed by atoms with Crippen LogP contribution in [0, 0.1) is 0 Å². The molecule has 1 unspecified atom stereocenters. The molecule has 2 aliphatic heterocycles. The summed E-state index contributed by atoms with van der Waals surface area (Å²) in [5.41, 5.74) is 8.60. The van der Waals surface area contributed by atoms with Gasteiger partial charge >= 0.3 is 6.03 Å². The smallest absolute Gasteiger partial charge is 0.318 e. The zero-order valence-corrected chi connectivity index (χ0v) is 21.3. The lowest BCUT2D eigenvalue weighted by Gasteiger charge is -2.42. The van der Waals surface area contributed by atoms with Crippen molar-refractivity contribution in [3.63, 3.8) is 0 Å². The molecule has 3 heterocycles. The first kappa shape index (κ1) is 25.4. The summed E-state index contributed by atoms with van der Waals surface area (Å²) in [5, 5.41) is 6.24. The van der Waals surface area contributed by atoms with Gasteiger partial charge in [0.1, 0.15) is 5.75 Å². The van der Waals surface area contributed by atoms with Crippen molar-refractivity contribution in [2.24, 2.45) is 10.7 Å². The first-order valence-corrected chi connectivity index (χ1v) is 12.2. The number of anilines is 1. The van der Waals surface area contributed by atoms with Crippen LogP contribution in [0.15, 0.2) is 47.4 Å². The number of carbonyl (C=O) groups excluding carboxylic acids is 1. The number of urea groups is 1. The average molecular weight is 494 g/mol. The number of nitrogens with one attached hydrogen (secondary N) is 2. The van der Waals surface area contributed by atoms with Gasteiger partial charge in [0, 0.05) is 36.8 Å². The van der Waals surface area contributed by atoms with E-state index in [0.717, 1.165) is 35.4 Å². The summed E-state index contributed by atoms with van der Waals surface area (Å²) in [4.78, 5) is 27.5. The molecule has 1 saturated heterocycles. The number of aliphatic imine (C=N–C) groups is 1. The van der Waals surface area contributed by atoms with Crippen LogP contribution in [0.2, 0.25) is 0 Å². The van der Waals surface area contributed by atoms with Crippen molar-refractivity contribution in [2.75, 3.05) is 32.1 Å². The van der Waals surface area contributed by atoms with Crippen LogP contribution in [-0.2, 0) is 4.74 Å². The van der Waals surface area contributed by atoms with Gasteiger partial charge in [-0.3, -0.25) is 4.99 Å². The molecule has 1 atom stereocenters. The van der Waals surface area contributed by atoms with E-state index in [0.29, 0.717) is 31.3 Å². The summed E-state index contributed by atoms with van der Waals surface area (Å²) in [6.45, 7) is 7.88. The number of amides is 2. The van der Waals surface area contributed by atoms with E-state index in [1.165, 1.54) is 6.20 Å². The van der Waals surface area contributed by atoms with Crippen molar-refractivity contribution in [3.05, 3.63) is 47.9 Å². The van der Waals surface area contributed by atoms with Gasteiger partial charge in [0.2, 0.25) is 5.95 Å². The molecule has 0 spiro atoms. The summed E-state index contributed by atoms with van der Waals surface area (Å²) in [6.07, 6.45) is 6.43. The highest BCUT2D eigenvalue weighted by molar-refractivity contribution is 5.82. The SMILES string of the molecule is CN=C/C(=C\N)Nc1nccc(-c2ccc3c(c2)OCCCC3NC(=O)N2CC(OC(C)(C)C)C2)n1. The summed E-state index contributed by atoms with van der Waals surface area (Å²) in [6, 6.07) is 7.60. The number of benzene rings is 1. The molecular weight excluding hydrogens is 458 g/mol. The van der Waals surface area contributed by atoms with Crippen molar-refractivity contribution in [2.45, 2.75) is 51.4 Å². The van der Waals surface area contributed by atoms with Crippen molar-refractivity contribution in [1.82, 2.24) is 20.2 Å². The predicted molar refractivity (Wildman–Crippen MR) is 140 cm³/mol. The van der Waals surface area contributed by atoms with Gasteiger partial charge in [-0.15, -0.1) is 0 Å². The Kier molecular flexibility index (Phi) is 7.73. The van der Waals surface area contributed by atoms with E-state index in [1.807, 2.05) is 45.0 Å². The lowest BCUT2D eigenvalue weighted by molar-refractivity contribution is -0.111. The van der Waals surface area contributed by atoms with Crippen LogP contribution in [0.5, 0.6) is 5.75 Å². The quantitative estimate of drug-likeness (QED) is 0.526. The van der Waals surface area contributed by atoms with E-state index in [9.17, 15) is 4.79 Å². The average Bonchev–Trinajstić information content (AvgIpc) is 3.02. The minimum absolute atomic E-state index is 0.0726. The Bertz CT molecular complexity index is 1140. The molecule has 0 radical (unpaired) electrons. The summed E-state index contributed by atoms with van der Waals surface area (Å²) < 4.78 is 12.0. The maximum Gasteiger partial charge on any atom is 0.318 e. The monoisotopic (exact) mass is 493 g/mol. The molecule has 10 nitrogen and oxygen atoms in total. The number of rotatable bonds is 6. The van der Waals surface area contributed by atoms with Crippen LogP contribution in [0.1, 0.15) is 45.2 Å². The molecule has 1 aromatic carbocycles. The lowest BCUT2D eigenvalue weighted by atomic mass is 9.99. The Hall–Kier alpha value is -3.66. The van der Waals surface area contributed by atoms with Gasteiger partial charge in [-0.05, 0) is 45.7 Å². The number of likely N-dealkylation sites (tertiary alicyclic amines) is 1. The van der Waals surface area contributed by atoms with Gasteiger partial charge in [0.05, 0.1) is 48.8 Å². The Morgan fingerprint density at radius 1 is 1.31 bits per heavy atom. The van der Waals surface area contributed by atoms with Gasteiger partial charge in [-0.1, -0.05) is 12.1 Å². The Morgan fingerprint density at radius 3 is 2.83 bits per heavy atom. The Labute approximate surface area is 212 Å². The number of ether oxygens (including phenoxy) is 2. The molecule has 1 fully saturated rings. The van der Waals surface area contributed by atoms with E-state index in [1.54, 1.807) is 24.4 Å². The zero-order chi connectivity index (χ0) is 25.7. The van der Waals surface area contributed by atoms with Crippen LogP contribution in [0.25, 0.3) is 11.3 Å². The topological polar surface area (TPSA) is 127 Å². The number of nitrogens with zero attached hydrogens (tertiary/aromatic N) is 4. The molecule has 4 N–H and O–H groups in total. The van der Waals surface area contributed by atoms with Crippen molar-refractivity contribution in [1.29, 1.82) is 0 Å². The van der Waals surface area contributed by atoms with Gasteiger partial charge in [-0.25, -0.2) is 14.8 Å². The fourth-order valence-electron chi connectivity index (χ4n) is 4.27. The summed E-state index contributed by atoms with van der Waals surface area (Å²) >= 11 is 0. The molecule has 0 saturated carbocycles. The highest BCUT2D eigenvalue weighted by Gasteiger charge is 2.35. The Balaban J connectivity index is 1.46. The van der Waals surface area contributed by atoms with Gasteiger partial charge < -0.3 is 30.7 Å². The fraction of sp³-hybridized carbons (Fsp3) is 0.462. The predicted octanol–water partition coefficient (Wildman–Crippen LogP) is 3.48. The molecule has 36 heavy (non-hydrogen) atoms. The number of fused-ring (bicyclic) bond motifs is 1. The van der Waals surface area contributed by atoms with E-state index >= 15 is 0 Å². The first-order valence-electron chi connectivity index (χ1n) is 12.2. The second kappa shape index (κ2) is 10.9. The minimum Gasteiger partial charge on any atom is -0.493 e. The number of nitrogens with two attached hydrogens (primary N) is 1. The third kappa shape index (κ3) is 6.31. The standard InChI is InChI=1S/C26H35N7O3/c1-26(2,3)36-19-15-33(16-19)25(34)32-22-6-5-11-35-23-12-17(7-8-20(22)23)21-9-10-29-24(31-21)30-18(13-27)14-28-4/h7-10,12-14,19,22H,5-6,11,15-16,27H2,1-4H3,(H,32,34)(H,29,30,31)/b18-13+,28-14?. The van der Waals surface area contributed by atoms with E-state index in [2.05, 4.69) is 25.6 Å². The number of hydrogen-bond acceptors (Lipinski definition) is 8. The fourth-order valence-corrected chi connectivity index (χ4v) is 4.27. The lowest BCUT2D eigenvalue weighted by Crippen LogP contribution is -2.59. The second-order valence-corrected chi connectivity index (χ2v) is 9.90. The van der Waals surface area contributed by atoms with Crippen LogP contribution in [0.3, 0.4) is 0 Å². The highest BCUT2D eigenvalue weighted by Crippen LogP contribution is 2.35. The molecule has 0 bridgehead atoms. The minimum atomic E-state index is -0.212. The number of aromatic nitrogens is 2. The van der Waals surface area contributed by atoms with E-state index < -0.39 is 0 Å². The molecule has 1 aromatic heterocycles. The maximum atomic E-state index is 12.9. The number of hydrogen-bond donors (Lipinski definition) is 3. The van der Waals surface area contributed by atoms with Crippen LogP contribution < -0.4 is 21.1 Å². The zero-order valence-electron chi connectivity index (χ0n) is 21.3. The molecule has 2 aliphatic rings. The van der Waals surface area contributed by atoms with E-state index in [-0.39, 0.29) is 23.8 Å². The summed E-state index contributed by atoms with van der Waals surface area (Å²) in [5.74, 6) is 1.16. The molecule has 192 valence electrons. The van der Waals surface area contributed by atoms with Crippen molar-refractivity contribution in [3.8, 4) is 17.0 Å². The van der Waals surface area contributed by atoms with Crippen LogP contribution >= 0.6 is 0 Å². The highest BCUT2D eigenvalue weighted by atomic mass is 16.5. The van der Waals surface area contributed by atoms with E-state index in [4.69, 9.17) is 15.2 Å². The third-order valence-electron chi connectivity index (χ3n) is 5.89. The molecular formula is C26H35N7O3. The molecule has 2 amide bonds. The van der Waals surface area contributed by atoms with Crippen molar-refractivity contribution < 1.29 is 14.3 Å². The van der Waals surface area contributed by atoms with Gasteiger partial charge in [0.25, 0.3) is 0 Å². The number of allylic oxidation sites excluding steroid dienone is 1. The largest absolute Gasteiger partial charge is 0.493 e. The normalized spacial score (nSPS) is 18.7. The molecule has 10 heteroatoms. The van der Waals surface area contributed by atoms with Crippen LogP contribution in [0.4, 0.5) is 10.7 Å². The van der Waals surface area contributed by atoms with Gasteiger partial charge in [-0.2, -0.15) is 0 Å². The Morgan fingerprint density at radius 2 is 2.11 bits per heavy atom. The molecule has 4 rings (SSSR count). The van der Waals surface area contributed by atoms with Crippen LogP contribution in [-0.4, -0.2) is 65.6 Å². The summed E-state index contributed by atoms with van der Waals surface area (Å²) in [7, 11) is 1.66. The van der Waals surface area contributed by atoms with Crippen molar-refractivity contribution >= 4 is 18.2 Å².